The third-order valence-corrected chi connectivity index (χ3v) is 5.74. The number of aromatic amines is 1. The molecule has 1 aliphatic heterocycles. The molecule has 2 heterocycles. The van der Waals surface area contributed by atoms with Gasteiger partial charge in [-0.3, -0.25) is 9.59 Å². The topological polar surface area (TPSA) is 109 Å². The Bertz CT molecular complexity index is 936. The van der Waals surface area contributed by atoms with E-state index < -0.39 is 0 Å². The van der Waals surface area contributed by atoms with Crippen LogP contribution in [0.2, 0.25) is 5.02 Å². The summed E-state index contributed by atoms with van der Waals surface area (Å²) in [6.07, 6.45) is 2.81. The van der Waals surface area contributed by atoms with Gasteiger partial charge in [0.2, 0.25) is 0 Å². The number of hydrogen-bond acceptors (Lipinski definition) is 5. The highest BCUT2D eigenvalue weighted by Crippen LogP contribution is 2.36. The number of aromatic nitrogens is 1. The molecule has 150 valence electrons. The summed E-state index contributed by atoms with van der Waals surface area (Å²) in [5.74, 6) is 0.212. The Labute approximate surface area is 168 Å². The van der Waals surface area contributed by atoms with Crippen molar-refractivity contribution in [2.75, 3.05) is 20.2 Å². The average molecular weight is 406 g/mol. The van der Waals surface area contributed by atoms with Crippen molar-refractivity contribution in [2.45, 2.75) is 25.8 Å². The third kappa shape index (κ3) is 4.00. The largest absolute Gasteiger partial charge is 0.508 e. The van der Waals surface area contributed by atoms with E-state index in [9.17, 15) is 14.7 Å². The number of likely N-dealkylation sites (tertiary alicyclic amines) is 1. The monoisotopic (exact) mass is 405 g/mol. The Kier molecular flexibility index (Phi) is 5.96. The number of nitrogens with one attached hydrogen (secondary N) is 1. The highest BCUT2D eigenvalue weighted by molar-refractivity contribution is 6.31. The second kappa shape index (κ2) is 8.24. The van der Waals surface area contributed by atoms with Crippen LogP contribution in [-0.2, 0) is 0 Å². The van der Waals surface area contributed by atoms with Crippen LogP contribution in [0.1, 0.15) is 40.4 Å². The number of amides is 1. The van der Waals surface area contributed by atoms with Gasteiger partial charge in [0.25, 0.3) is 11.5 Å². The molecule has 7 nitrogen and oxygen atoms in total. The number of benzene rings is 1. The zero-order valence-electron chi connectivity index (χ0n) is 15.9. The molecule has 0 bridgehead atoms. The Morgan fingerprint density at radius 2 is 2.04 bits per heavy atom. The molecule has 8 heteroatoms. The van der Waals surface area contributed by atoms with Gasteiger partial charge >= 0.3 is 0 Å². The lowest BCUT2D eigenvalue weighted by molar-refractivity contribution is 0.0676. The number of phenolic OH excluding ortho intramolecular Hbond substituents is 1. The van der Waals surface area contributed by atoms with E-state index in [0.29, 0.717) is 42.1 Å². The molecule has 3 rings (SSSR count). The van der Waals surface area contributed by atoms with E-state index in [-0.39, 0.29) is 34.9 Å². The van der Waals surface area contributed by atoms with E-state index in [0.717, 1.165) is 5.56 Å². The van der Waals surface area contributed by atoms with Gasteiger partial charge in [-0.2, -0.15) is 0 Å². The molecule has 0 spiro atoms. The molecule has 1 aromatic heterocycles. The van der Waals surface area contributed by atoms with Gasteiger partial charge in [0.15, 0.2) is 5.75 Å². The molecule has 1 unspecified atom stereocenters. The lowest BCUT2D eigenvalue weighted by atomic mass is 9.85. The summed E-state index contributed by atoms with van der Waals surface area (Å²) >= 11 is 6.18. The molecule has 1 atom stereocenters. The fourth-order valence-electron chi connectivity index (χ4n) is 3.58. The minimum Gasteiger partial charge on any atom is -0.508 e. The first-order valence-electron chi connectivity index (χ1n) is 9.12. The zero-order chi connectivity index (χ0) is 20.4. The van der Waals surface area contributed by atoms with Gasteiger partial charge in [-0.1, -0.05) is 11.6 Å². The van der Waals surface area contributed by atoms with Crippen LogP contribution in [0.15, 0.2) is 29.2 Å². The summed E-state index contributed by atoms with van der Waals surface area (Å²) < 4.78 is 4.98. The van der Waals surface area contributed by atoms with E-state index in [1.807, 2.05) is 6.92 Å². The summed E-state index contributed by atoms with van der Waals surface area (Å²) in [5, 5.41) is 10.8. The number of carbonyl (C=O) groups is 1. The van der Waals surface area contributed by atoms with Crippen LogP contribution in [0.4, 0.5) is 0 Å². The standard InChI is InChI=1S/C20H24ClN3O4/c1-11-7-16(25)14(9-15(11)21)18(22)12-3-5-24(6-4-12)20(27)13-8-17(28-2)19(26)23-10-13/h7-10,12,18,25H,3-6,22H2,1-2H3,(H,23,26). The number of aryl methyl sites for hydroxylation is 1. The normalized spacial score (nSPS) is 16.1. The minimum atomic E-state index is -0.375. The number of rotatable bonds is 4. The fraction of sp³-hybridized carbons (Fsp3) is 0.400. The minimum absolute atomic E-state index is 0.106. The van der Waals surface area contributed by atoms with Crippen molar-refractivity contribution in [3.8, 4) is 11.5 Å². The third-order valence-electron chi connectivity index (χ3n) is 5.34. The van der Waals surface area contributed by atoms with Crippen LogP contribution < -0.4 is 16.0 Å². The predicted molar refractivity (Wildman–Crippen MR) is 107 cm³/mol. The maximum Gasteiger partial charge on any atom is 0.290 e. The molecule has 1 amide bonds. The number of piperidine rings is 1. The van der Waals surface area contributed by atoms with E-state index in [2.05, 4.69) is 4.98 Å². The Hall–Kier alpha value is -2.51. The van der Waals surface area contributed by atoms with Crippen molar-refractivity contribution in [1.82, 2.24) is 9.88 Å². The predicted octanol–water partition coefficient (Wildman–Crippen LogP) is 2.60. The number of nitrogens with two attached hydrogens (primary N) is 1. The van der Waals surface area contributed by atoms with Crippen molar-refractivity contribution < 1.29 is 14.6 Å². The van der Waals surface area contributed by atoms with Gasteiger partial charge in [0.1, 0.15) is 5.75 Å². The van der Waals surface area contributed by atoms with Crippen molar-refractivity contribution in [2.24, 2.45) is 11.7 Å². The van der Waals surface area contributed by atoms with Crippen molar-refractivity contribution in [1.29, 1.82) is 0 Å². The first-order chi connectivity index (χ1) is 13.3. The van der Waals surface area contributed by atoms with Crippen molar-refractivity contribution in [3.63, 3.8) is 0 Å². The lowest BCUT2D eigenvalue weighted by Crippen LogP contribution is -2.41. The number of carbonyl (C=O) groups excluding carboxylic acids is 1. The Balaban J connectivity index is 1.68. The number of ether oxygens (including phenoxy) is 1. The smallest absolute Gasteiger partial charge is 0.290 e. The first-order valence-corrected chi connectivity index (χ1v) is 9.50. The number of aromatic hydroxyl groups is 1. The average Bonchev–Trinajstić information content (AvgIpc) is 2.70. The summed E-state index contributed by atoms with van der Waals surface area (Å²) in [7, 11) is 1.39. The van der Waals surface area contributed by atoms with Crippen molar-refractivity contribution >= 4 is 17.5 Å². The Morgan fingerprint density at radius 1 is 1.36 bits per heavy atom. The molecule has 1 saturated heterocycles. The number of methoxy groups -OCH3 is 1. The molecule has 0 aliphatic carbocycles. The number of nitrogens with zero attached hydrogens (tertiary/aromatic N) is 1. The van der Waals surface area contributed by atoms with Crippen molar-refractivity contribution in [3.05, 3.63) is 56.5 Å². The summed E-state index contributed by atoms with van der Waals surface area (Å²) in [6, 6.07) is 4.44. The highest BCUT2D eigenvalue weighted by Gasteiger charge is 2.29. The zero-order valence-corrected chi connectivity index (χ0v) is 16.6. The number of phenols is 1. The second-order valence-corrected chi connectivity index (χ2v) is 7.51. The SMILES string of the molecule is COc1cc(C(=O)N2CCC(C(N)c3cc(Cl)c(C)cc3O)CC2)c[nH]c1=O. The summed E-state index contributed by atoms with van der Waals surface area (Å²) in [4.78, 5) is 28.5. The van der Waals surface area contributed by atoms with Crippen LogP contribution in [-0.4, -0.2) is 41.1 Å². The molecule has 4 N–H and O–H groups in total. The number of pyridine rings is 1. The van der Waals surface area contributed by atoms with Gasteiger partial charge in [-0.15, -0.1) is 0 Å². The number of H-pyrrole nitrogens is 1. The maximum absolute atomic E-state index is 12.7. The van der Waals surface area contributed by atoms with E-state index in [1.165, 1.54) is 19.4 Å². The van der Waals surface area contributed by atoms with Crippen LogP contribution in [0.3, 0.4) is 0 Å². The second-order valence-electron chi connectivity index (χ2n) is 7.10. The van der Waals surface area contributed by atoms with Crippen LogP contribution in [0.5, 0.6) is 11.5 Å². The molecule has 0 radical (unpaired) electrons. The summed E-state index contributed by atoms with van der Waals surface area (Å²) in [6.45, 7) is 2.91. The first kappa shape index (κ1) is 20.2. The number of hydrogen-bond donors (Lipinski definition) is 3. The van der Waals surface area contributed by atoms with E-state index in [1.54, 1.807) is 17.0 Å². The van der Waals surface area contributed by atoms with Crippen LogP contribution in [0.25, 0.3) is 0 Å². The maximum atomic E-state index is 12.7. The molecule has 1 aromatic carbocycles. The molecule has 1 fully saturated rings. The molecule has 2 aromatic rings. The van der Waals surface area contributed by atoms with Gasteiger partial charge < -0.3 is 25.5 Å². The Morgan fingerprint density at radius 3 is 2.68 bits per heavy atom. The molecular formula is C20H24ClN3O4. The van der Waals surface area contributed by atoms with Gasteiger partial charge in [-0.25, -0.2) is 0 Å². The number of halogens is 1. The highest BCUT2D eigenvalue weighted by atomic mass is 35.5. The van der Waals surface area contributed by atoms with Gasteiger partial charge in [0, 0.05) is 42.0 Å². The summed E-state index contributed by atoms with van der Waals surface area (Å²) in [5.41, 5.74) is 7.83. The van der Waals surface area contributed by atoms with Crippen LogP contribution >= 0.6 is 11.6 Å². The molecule has 28 heavy (non-hydrogen) atoms. The van der Waals surface area contributed by atoms with Gasteiger partial charge in [0.05, 0.1) is 12.7 Å². The van der Waals surface area contributed by atoms with E-state index >= 15 is 0 Å². The fourth-order valence-corrected chi connectivity index (χ4v) is 3.76. The van der Waals surface area contributed by atoms with E-state index in [4.69, 9.17) is 22.1 Å². The van der Waals surface area contributed by atoms with Gasteiger partial charge in [-0.05, 0) is 43.4 Å². The molecule has 0 saturated carbocycles. The molecule has 1 aliphatic rings. The lowest BCUT2D eigenvalue weighted by Gasteiger charge is -2.35. The quantitative estimate of drug-likeness (QED) is 0.724. The van der Waals surface area contributed by atoms with Crippen LogP contribution in [0, 0.1) is 12.8 Å². The molecular weight excluding hydrogens is 382 g/mol.